The van der Waals surface area contributed by atoms with E-state index in [1.165, 1.54) is 6.42 Å². The average Bonchev–Trinajstić information content (AvgIpc) is 1.61. The third kappa shape index (κ3) is 6.22. The SMILES string of the molecule is CC(C)CC=CBr. The van der Waals surface area contributed by atoms with E-state index in [4.69, 9.17) is 0 Å². The second kappa shape index (κ2) is 4.38. The molecule has 0 saturated carbocycles. The van der Waals surface area contributed by atoms with Gasteiger partial charge in [-0.1, -0.05) is 35.9 Å². The van der Waals surface area contributed by atoms with Gasteiger partial charge in [-0.2, -0.15) is 0 Å². The Labute approximate surface area is 53.7 Å². The van der Waals surface area contributed by atoms with Crippen LogP contribution in [-0.4, -0.2) is 0 Å². The first kappa shape index (κ1) is 7.22. The zero-order chi connectivity index (χ0) is 5.70. The number of halogens is 1. The zero-order valence-electron chi connectivity index (χ0n) is 4.82. The van der Waals surface area contributed by atoms with Gasteiger partial charge in [0.2, 0.25) is 0 Å². The lowest BCUT2D eigenvalue weighted by Gasteiger charge is -1.93. The van der Waals surface area contributed by atoms with Gasteiger partial charge in [0.25, 0.3) is 0 Å². The summed E-state index contributed by atoms with van der Waals surface area (Å²) in [7, 11) is 0. The van der Waals surface area contributed by atoms with Crippen LogP contribution >= 0.6 is 15.9 Å². The summed E-state index contributed by atoms with van der Waals surface area (Å²) >= 11 is 3.20. The molecule has 0 rings (SSSR count). The van der Waals surface area contributed by atoms with Gasteiger partial charge in [0.05, 0.1) is 0 Å². The van der Waals surface area contributed by atoms with E-state index < -0.39 is 0 Å². The smallest absolute Gasteiger partial charge is 0.0229 e. The topological polar surface area (TPSA) is 0 Å². The van der Waals surface area contributed by atoms with Crippen LogP contribution in [0.2, 0.25) is 0 Å². The Morgan fingerprint density at radius 3 is 2.29 bits per heavy atom. The average molecular weight is 163 g/mol. The summed E-state index contributed by atoms with van der Waals surface area (Å²) in [5.41, 5.74) is 0. The van der Waals surface area contributed by atoms with E-state index in [-0.39, 0.29) is 0 Å². The molecule has 0 aliphatic rings. The molecule has 0 N–H and O–H groups in total. The van der Waals surface area contributed by atoms with E-state index in [9.17, 15) is 0 Å². The van der Waals surface area contributed by atoms with Gasteiger partial charge >= 0.3 is 0 Å². The Balaban J connectivity index is 2.97. The largest absolute Gasteiger partial charge is 0.0773 e. The standard InChI is InChI=1S/C6H11Br/c1-6(2)4-3-5-7/h3,5-6H,4H2,1-2H3. The van der Waals surface area contributed by atoms with Crippen molar-refractivity contribution in [2.75, 3.05) is 0 Å². The van der Waals surface area contributed by atoms with Gasteiger partial charge < -0.3 is 0 Å². The molecule has 0 bridgehead atoms. The van der Waals surface area contributed by atoms with Crippen LogP contribution in [0.25, 0.3) is 0 Å². The fraction of sp³-hybridized carbons (Fsp3) is 0.667. The van der Waals surface area contributed by atoms with Crippen molar-refractivity contribution in [3.63, 3.8) is 0 Å². The van der Waals surface area contributed by atoms with Crippen LogP contribution in [-0.2, 0) is 0 Å². The highest BCUT2D eigenvalue weighted by molar-refractivity contribution is 9.11. The molecular weight excluding hydrogens is 152 g/mol. The maximum atomic E-state index is 3.20. The van der Waals surface area contributed by atoms with Crippen molar-refractivity contribution in [1.29, 1.82) is 0 Å². The van der Waals surface area contributed by atoms with Crippen LogP contribution in [0.5, 0.6) is 0 Å². The van der Waals surface area contributed by atoms with Crippen LogP contribution in [0.15, 0.2) is 11.1 Å². The van der Waals surface area contributed by atoms with Crippen molar-refractivity contribution in [1.82, 2.24) is 0 Å². The molecule has 0 aromatic rings. The van der Waals surface area contributed by atoms with E-state index >= 15 is 0 Å². The van der Waals surface area contributed by atoms with Gasteiger partial charge in [-0.25, -0.2) is 0 Å². The van der Waals surface area contributed by atoms with Crippen LogP contribution in [0, 0.1) is 5.92 Å². The Morgan fingerprint density at radius 2 is 2.14 bits per heavy atom. The van der Waals surface area contributed by atoms with Crippen LogP contribution in [0.1, 0.15) is 20.3 Å². The summed E-state index contributed by atoms with van der Waals surface area (Å²) in [6, 6.07) is 0. The minimum absolute atomic E-state index is 0.786. The molecule has 0 heterocycles. The maximum Gasteiger partial charge on any atom is -0.0229 e. The Morgan fingerprint density at radius 1 is 1.57 bits per heavy atom. The third-order valence-corrected chi connectivity index (χ3v) is 1.07. The molecule has 0 nitrogen and oxygen atoms in total. The summed E-state index contributed by atoms with van der Waals surface area (Å²) in [5.74, 6) is 0.786. The lowest BCUT2D eigenvalue weighted by molar-refractivity contribution is 0.664. The molecule has 0 radical (unpaired) electrons. The molecule has 0 fully saturated rings. The molecule has 0 amide bonds. The molecular formula is C6H11Br. The van der Waals surface area contributed by atoms with E-state index in [1.807, 2.05) is 4.99 Å². The van der Waals surface area contributed by atoms with E-state index in [1.54, 1.807) is 0 Å². The Bertz CT molecular complexity index is 55.2. The normalized spacial score (nSPS) is 11.4. The molecule has 42 valence electrons. The first-order chi connectivity index (χ1) is 3.27. The maximum absolute atomic E-state index is 3.20. The zero-order valence-corrected chi connectivity index (χ0v) is 6.40. The van der Waals surface area contributed by atoms with E-state index in [2.05, 4.69) is 35.9 Å². The Kier molecular flexibility index (Phi) is 4.52. The lowest BCUT2D eigenvalue weighted by Crippen LogP contribution is -1.79. The molecule has 1 heteroatoms. The first-order valence-corrected chi connectivity index (χ1v) is 3.44. The molecule has 0 spiro atoms. The van der Waals surface area contributed by atoms with Gasteiger partial charge in [0.15, 0.2) is 0 Å². The predicted molar refractivity (Wildman–Crippen MR) is 37.5 cm³/mol. The quantitative estimate of drug-likeness (QED) is 0.587. The summed E-state index contributed by atoms with van der Waals surface area (Å²) in [6.07, 6.45) is 3.29. The third-order valence-electron chi connectivity index (χ3n) is 0.697. The molecule has 0 saturated heterocycles. The molecule has 0 unspecified atom stereocenters. The lowest BCUT2D eigenvalue weighted by atomic mass is 10.1. The van der Waals surface area contributed by atoms with Crippen molar-refractivity contribution in [2.24, 2.45) is 5.92 Å². The second-order valence-corrected chi connectivity index (χ2v) is 2.52. The molecule has 0 aliphatic heterocycles. The minimum Gasteiger partial charge on any atom is -0.0773 e. The van der Waals surface area contributed by atoms with E-state index in [0.29, 0.717) is 0 Å². The van der Waals surface area contributed by atoms with Crippen molar-refractivity contribution in [2.45, 2.75) is 20.3 Å². The summed E-state index contributed by atoms with van der Waals surface area (Å²) in [4.78, 5) is 1.91. The van der Waals surface area contributed by atoms with Gasteiger partial charge in [-0.3, -0.25) is 0 Å². The summed E-state index contributed by atoms with van der Waals surface area (Å²) in [5, 5.41) is 0. The highest BCUT2D eigenvalue weighted by Gasteiger charge is 1.84. The van der Waals surface area contributed by atoms with Crippen LogP contribution in [0.3, 0.4) is 0 Å². The van der Waals surface area contributed by atoms with Crippen LogP contribution < -0.4 is 0 Å². The molecule has 0 aliphatic carbocycles. The number of rotatable bonds is 2. The van der Waals surface area contributed by atoms with Crippen molar-refractivity contribution < 1.29 is 0 Å². The number of hydrogen-bond acceptors (Lipinski definition) is 0. The van der Waals surface area contributed by atoms with Gasteiger partial charge in [-0.15, -0.1) is 0 Å². The van der Waals surface area contributed by atoms with Crippen molar-refractivity contribution in [3.8, 4) is 0 Å². The Hall–Kier alpha value is 0.220. The van der Waals surface area contributed by atoms with Crippen molar-refractivity contribution >= 4 is 15.9 Å². The highest BCUT2D eigenvalue weighted by Crippen LogP contribution is 2.00. The molecule has 0 aromatic heterocycles. The summed E-state index contributed by atoms with van der Waals surface area (Å²) in [6.45, 7) is 4.40. The fourth-order valence-electron chi connectivity index (χ4n) is 0.324. The van der Waals surface area contributed by atoms with E-state index in [0.717, 1.165) is 5.92 Å². The second-order valence-electron chi connectivity index (χ2n) is 1.99. The minimum atomic E-state index is 0.786. The first-order valence-electron chi connectivity index (χ1n) is 2.52. The fourth-order valence-corrected chi connectivity index (χ4v) is 0.539. The molecule has 0 atom stereocenters. The monoisotopic (exact) mass is 162 g/mol. The number of hydrogen-bond donors (Lipinski definition) is 0. The predicted octanol–water partition coefficient (Wildman–Crippen LogP) is 2.94. The summed E-state index contributed by atoms with van der Waals surface area (Å²) < 4.78 is 0. The van der Waals surface area contributed by atoms with Crippen molar-refractivity contribution in [3.05, 3.63) is 11.1 Å². The highest BCUT2D eigenvalue weighted by atomic mass is 79.9. The van der Waals surface area contributed by atoms with Gasteiger partial charge in [0, 0.05) is 0 Å². The van der Waals surface area contributed by atoms with Gasteiger partial charge in [0.1, 0.15) is 0 Å². The van der Waals surface area contributed by atoms with Crippen LogP contribution in [0.4, 0.5) is 0 Å². The number of allylic oxidation sites excluding steroid dienone is 1. The van der Waals surface area contributed by atoms with Gasteiger partial charge in [-0.05, 0) is 17.3 Å². The molecule has 7 heavy (non-hydrogen) atoms. The molecule has 0 aromatic carbocycles.